The van der Waals surface area contributed by atoms with Gasteiger partial charge < -0.3 is 4.98 Å². The molecule has 0 fully saturated rings. The first-order valence-corrected chi connectivity index (χ1v) is 5.31. The van der Waals surface area contributed by atoms with Gasteiger partial charge in [-0.2, -0.15) is 0 Å². The Balaban J connectivity index is 2.59. The molecule has 1 aromatic carbocycles. The fourth-order valence-electron chi connectivity index (χ4n) is 1.55. The number of H-pyrrole nitrogens is 1. The first-order valence-electron chi connectivity index (χ1n) is 5.31. The van der Waals surface area contributed by atoms with Crippen LogP contribution < -0.4 is 5.56 Å². The van der Waals surface area contributed by atoms with Crippen LogP contribution in [0.4, 0.5) is 5.69 Å². The predicted molar refractivity (Wildman–Crippen MR) is 66.4 cm³/mol. The van der Waals surface area contributed by atoms with Crippen molar-refractivity contribution in [3.05, 3.63) is 56.0 Å². The van der Waals surface area contributed by atoms with Crippen molar-refractivity contribution < 1.29 is 4.92 Å². The minimum atomic E-state index is -0.483. The maximum absolute atomic E-state index is 11.6. The number of benzene rings is 1. The molecule has 0 aliphatic carbocycles. The molecule has 2 rings (SSSR count). The molecular weight excluding hydrogens is 234 g/mol. The van der Waals surface area contributed by atoms with Crippen LogP contribution in [-0.2, 0) is 0 Å². The van der Waals surface area contributed by atoms with Gasteiger partial charge in [-0.3, -0.25) is 14.9 Å². The Labute approximate surface area is 102 Å². The van der Waals surface area contributed by atoms with E-state index in [2.05, 4.69) is 9.97 Å². The molecule has 18 heavy (non-hydrogen) atoms. The lowest BCUT2D eigenvalue weighted by molar-refractivity contribution is -0.384. The molecular formula is C12H11N3O3. The van der Waals surface area contributed by atoms with Crippen molar-refractivity contribution in [1.82, 2.24) is 9.97 Å². The molecule has 0 saturated carbocycles. The van der Waals surface area contributed by atoms with Crippen molar-refractivity contribution in [2.24, 2.45) is 0 Å². The number of aromatic nitrogens is 2. The molecule has 0 aliphatic rings. The van der Waals surface area contributed by atoms with Crippen molar-refractivity contribution in [2.75, 3.05) is 0 Å². The first-order chi connectivity index (χ1) is 8.49. The molecule has 1 heterocycles. The summed E-state index contributed by atoms with van der Waals surface area (Å²) in [7, 11) is 0. The molecule has 0 radical (unpaired) electrons. The number of nitrogens with one attached hydrogen (secondary N) is 1. The van der Waals surface area contributed by atoms with Crippen LogP contribution in [-0.4, -0.2) is 14.9 Å². The topological polar surface area (TPSA) is 88.9 Å². The summed E-state index contributed by atoms with van der Waals surface area (Å²) in [5.74, 6) is 0.340. The highest BCUT2D eigenvalue weighted by molar-refractivity contribution is 5.59. The van der Waals surface area contributed by atoms with Crippen LogP contribution in [0.15, 0.2) is 29.1 Å². The second kappa shape index (κ2) is 4.40. The minimum Gasteiger partial charge on any atom is -0.306 e. The second-order valence-corrected chi connectivity index (χ2v) is 3.93. The summed E-state index contributed by atoms with van der Waals surface area (Å²) in [6.45, 7) is 3.41. The smallest absolute Gasteiger partial charge is 0.270 e. The SMILES string of the molecule is Cc1nc(-c2cccc([N+](=O)[O-])c2)[nH]c(=O)c1C. The molecule has 6 heteroatoms. The van der Waals surface area contributed by atoms with E-state index >= 15 is 0 Å². The summed E-state index contributed by atoms with van der Waals surface area (Å²) in [5.41, 5.74) is 1.41. The lowest BCUT2D eigenvalue weighted by atomic mass is 10.1. The molecule has 1 N–H and O–H groups in total. The van der Waals surface area contributed by atoms with Gasteiger partial charge in [0.1, 0.15) is 5.82 Å². The average molecular weight is 245 g/mol. The Morgan fingerprint density at radius 3 is 2.67 bits per heavy atom. The molecule has 2 aromatic rings. The zero-order chi connectivity index (χ0) is 13.3. The quantitative estimate of drug-likeness (QED) is 0.647. The van der Waals surface area contributed by atoms with Gasteiger partial charge in [0, 0.05) is 29.0 Å². The van der Waals surface area contributed by atoms with Gasteiger partial charge in [-0.05, 0) is 13.8 Å². The van der Waals surface area contributed by atoms with Crippen LogP contribution >= 0.6 is 0 Å². The van der Waals surface area contributed by atoms with E-state index in [1.54, 1.807) is 26.0 Å². The van der Waals surface area contributed by atoms with Gasteiger partial charge in [0.05, 0.1) is 4.92 Å². The van der Waals surface area contributed by atoms with E-state index in [4.69, 9.17) is 0 Å². The van der Waals surface area contributed by atoms with E-state index in [0.29, 0.717) is 22.6 Å². The highest BCUT2D eigenvalue weighted by Gasteiger charge is 2.10. The molecule has 1 aromatic heterocycles. The predicted octanol–water partition coefficient (Wildman–Crippen LogP) is 1.96. The lowest BCUT2D eigenvalue weighted by Crippen LogP contribution is -2.14. The highest BCUT2D eigenvalue weighted by Crippen LogP contribution is 2.20. The molecule has 6 nitrogen and oxygen atoms in total. The number of aryl methyl sites for hydroxylation is 1. The number of hydrogen-bond donors (Lipinski definition) is 1. The van der Waals surface area contributed by atoms with Gasteiger partial charge >= 0.3 is 0 Å². The largest absolute Gasteiger partial charge is 0.306 e. The monoisotopic (exact) mass is 245 g/mol. The molecule has 0 amide bonds. The fraction of sp³-hybridized carbons (Fsp3) is 0.167. The Bertz CT molecular complexity index is 677. The summed E-state index contributed by atoms with van der Waals surface area (Å²) < 4.78 is 0. The maximum atomic E-state index is 11.6. The van der Waals surface area contributed by atoms with E-state index < -0.39 is 4.92 Å². The second-order valence-electron chi connectivity index (χ2n) is 3.93. The summed E-state index contributed by atoms with van der Waals surface area (Å²) in [6, 6.07) is 6.00. The van der Waals surface area contributed by atoms with Crippen molar-refractivity contribution >= 4 is 5.69 Å². The Morgan fingerprint density at radius 1 is 1.33 bits per heavy atom. The summed E-state index contributed by atoms with van der Waals surface area (Å²) in [5, 5.41) is 10.7. The third-order valence-electron chi connectivity index (χ3n) is 2.73. The number of rotatable bonds is 2. The number of hydrogen-bond acceptors (Lipinski definition) is 4. The van der Waals surface area contributed by atoms with Crippen molar-refractivity contribution in [2.45, 2.75) is 13.8 Å². The Hall–Kier alpha value is -2.50. The third kappa shape index (κ3) is 2.13. The molecule has 0 bridgehead atoms. The normalized spacial score (nSPS) is 10.3. The molecule has 0 unspecified atom stereocenters. The van der Waals surface area contributed by atoms with Gasteiger partial charge in [0.25, 0.3) is 11.2 Å². The average Bonchev–Trinajstić information content (AvgIpc) is 2.35. The number of nitro groups is 1. The fourth-order valence-corrected chi connectivity index (χ4v) is 1.55. The number of nitro benzene ring substituents is 1. The van der Waals surface area contributed by atoms with Gasteiger partial charge in [0.2, 0.25) is 0 Å². The van der Waals surface area contributed by atoms with E-state index in [0.717, 1.165) is 0 Å². The van der Waals surface area contributed by atoms with Crippen LogP contribution in [0.2, 0.25) is 0 Å². The molecule has 0 spiro atoms. The minimum absolute atomic E-state index is 0.0339. The van der Waals surface area contributed by atoms with E-state index in [-0.39, 0.29) is 11.2 Å². The van der Waals surface area contributed by atoms with Gasteiger partial charge in [-0.15, -0.1) is 0 Å². The maximum Gasteiger partial charge on any atom is 0.270 e. The van der Waals surface area contributed by atoms with Crippen LogP contribution in [0, 0.1) is 24.0 Å². The van der Waals surface area contributed by atoms with Crippen LogP contribution in [0.1, 0.15) is 11.3 Å². The third-order valence-corrected chi connectivity index (χ3v) is 2.73. The van der Waals surface area contributed by atoms with Crippen molar-refractivity contribution in [1.29, 1.82) is 0 Å². The summed E-state index contributed by atoms with van der Waals surface area (Å²) >= 11 is 0. The zero-order valence-corrected chi connectivity index (χ0v) is 9.93. The lowest BCUT2D eigenvalue weighted by Gasteiger charge is -2.04. The Kier molecular flexibility index (Phi) is 2.93. The molecule has 0 aliphatic heterocycles. The standard InChI is InChI=1S/C12H11N3O3/c1-7-8(2)13-11(14-12(7)16)9-4-3-5-10(6-9)15(17)18/h3-6H,1-2H3,(H,13,14,16). The van der Waals surface area contributed by atoms with Crippen LogP contribution in [0.5, 0.6) is 0 Å². The zero-order valence-electron chi connectivity index (χ0n) is 9.93. The summed E-state index contributed by atoms with van der Waals surface area (Å²) in [4.78, 5) is 28.7. The van der Waals surface area contributed by atoms with Crippen LogP contribution in [0.3, 0.4) is 0 Å². The van der Waals surface area contributed by atoms with Gasteiger partial charge in [-0.25, -0.2) is 4.98 Å². The Morgan fingerprint density at radius 2 is 2.06 bits per heavy atom. The van der Waals surface area contributed by atoms with E-state index in [9.17, 15) is 14.9 Å². The van der Waals surface area contributed by atoms with E-state index in [1.807, 2.05) is 0 Å². The first kappa shape index (κ1) is 12.0. The van der Waals surface area contributed by atoms with Gasteiger partial charge in [-0.1, -0.05) is 12.1 Å². The van der Waals surface area contributed by atoms with E-state index in [1.165, 1.54) is 12.1 Å². The molecule has 0 saturated heterocycles. The van der Waals surface area contributed by atoms with Gasteiger partial charge in [0.15, 0.2) is 0 Å². The molecule has 92 valence electrons. The van der Waals surface area contributed by atoms with Crippen molar-refractivity contribution in [3.63, 3.8) is 0 Å². The number of nitrogens with zero attached hydrogens (tertiary/aromatic N) is 2. The van der Waals surface area contributed by atoms with Crippen LogP contribution in [0.25, 0.3) is 11.4 Å². The highest BCUT2D eigenvalue weighted by atomic mass is 16.6. The number of non-ortho nitro benzene ring substituents is 1. The summed E-state index contributed by atoms with van der Waals surface area (Å²) in [6.07, 6.45) is 0. The molecule has 0 atom stereocenters. The van der Waals surface area contributed by atoms with Crippen molar-refractivity contribution in [3.8, 4) is 11.4 Å². The number of aromatic amines is 1.